The van der Waals surface area contributed by atoms with Crippen molar-refractivity contribution in [1.82, 2.24) is 14.9 Å². The molecule has 140 valence electrons. The molecule has 3 heterocycles. The number of fused-ring (bicyclic) bond motifs is 3. The molecule has 1 fully saturated rings. The number of hydrogen-bond acceptors (Lipinski definition) is 4. The van der Waals surface area contributed by atoms with E-state index in [0.29, 0.717) is 40.5 Å². The lowest BCUT2D eigenvalue weighted by molar-refractivity contribution is -0.131. The summed E-state index contributed by atoms with van der Waals surface area (Å²) in [4.78, 5) is 33.4. The number of likely N-dealkylation sites (tertiary alicyclic amines) is 1. The van der Waals surface area contributed by atoms with Crippen molar-refractivity contribution in [3.05, 3.63) is 46.6 Å². The number of carbonyl (C=O) groups is 1. The number of aromatic nitrogens is 2. The lowest BCUT2D eigenvalue weighted by atomic mass is 10.0. The second-order valence-electron chi connectivity index (χ2n) is 6.89. The Bertz CT molecular complexity index is 1080. The fourth-order valence-corrected chi connectivity index (χ4v) is 3.78. The van der Waals surface area contributed by atoms with Gasteiger partial charge in [-0.2, -0.15) is 0 Å². The van der Waals surface area contributed by atoms with Crippen LogP contribution in [-0.4, -0.2) is 39.9 Å². The molecule has 1 aliphatic heterocycles. The second-order valence-corrected chi connectivity index (χ2v) is 6.89. The van der Waals surface area contributed by atoms with Gasteiger partial charge in [-0.1, -0.05) is 6.92 Å². The molecule has 1 saturated heterocycles. The van der Waals surface area contributed by atoms with E-state index < -0.39 is 5.82 Å². The van der Waals surface area contributed by atoms with Crippen LogP contribution >= 0.6 is 0 Å². The van der Waals surface area contributed by atoms with Gasteiger partial charge in [-0.3, -0.25) is 9.59 Å². The SMILES string of the molecule is CCC(=O)N1CCC[C@@H](Nc2nc3cc[nH]c(=O)c3c3cc(F)ccc23)C1. The lowest BCUT2D eigenvalue weighted by Crippen LogP contribution is -2.45. The van der Waals surface area contributed by atoms with Gasteiger partial charge in [0.05, 0.1) is 10.9 Å². The first-order chi connectivity index (χ1) is 13.1. The normalized spacial score (nSPS) is 17.4. The Morgan fingerprint density at radius 3 is 3.04 bits per heavy atom. The number of nitrogens with zero attached hydrogens (tertiary/aromatic N) is 2. The predicted octanol–water partition coefficient (Wildman–Crippen LogP) is 3.03. The number of anilines is 1. The highest BCUT2D eigenvalue weighted by Crippen LogP contribution is 2.29. The van der Waals surface area contributed by atoms with E-state index in [1.54, 1.807) is 12.1 Å². The minimum Gasteiger partial charge on any atom is -0.365 e. The van der Waals surface area contributed by atoms with Gasteiger partial charge in [0.1, 0.15) is 11.6 Å². The summed E-state index contributed by atoms with van der Waals surface area (Å²) in [5.41, 5.74) is 0.219. The van der Waals surface area contributed by atoms with Crippen molar-refractivity contribution >= 4 is 33.4 Å². The van der Waals surface area contributed by atoms with Crippen LogP contribution in [0, 0.1) is 5.82 Å². The molecule has 0 spiro atoms. The molecule has 6 nitrogen and oxygen atoms in total. The first-order valence-electron chi connectivity index (χ1n) is 9.22. The van der Waals surface area contributed by atoms with Gasteiger partial charge in [0.25, 0.3) is 5.56 Å². The Hall–Kier alpha value is -2.96. The van der Waals surface area contributed by atoms with Crippen LogP contribution in [0.1, 0.15) is 26.2 Å². The Labute approximate surface area is 155 Å². The summed E-state index contributed by atoms with van der Waals surface area (Å²) in [5.74, 6) is 0.354. The Kier molecular flexibility index (Phi) is 4.51. The van der Waals surface area contributed by atoms with E-state index in [-0.39, 0.29) is 17.5 Å². The molecule has 1 aromatic carbocycles. The molecular weight excluding hydrogens is 347 g/mol. The molecule has 0 saturated carbocycles. The van der Waals surface area contributed by atoms with Gasteiger partial charge in [0, 0.05) is 42.5 Å². The highest BCUT2D eigenvalue weighted by Gasteiger charge is 2.24. The summed E-state index contributed by atoms with van der Waals surface area (Å²) in [6, 6.07) is 6.15. The van der Waals surface area contributed by atoms with E-state index in [4.69, 9.17) is 0 Å². The van der Waals surface area contributed by atoms with Gasteiger partial charge in [-0.05, 0) is 37.1 Å². The Balaban J connectivity index is 1.77. The number of hydrogen-bond donors (Lipinski definition) is 2. The van der Waals surface area contributed by atoms with E-state index in [2.05, 4.69) is 15.3 Å². The maximum absolute atomic E-state index is 13.9. The van der Waals surface area contributed by atoms with Crippen LogP contribution in [0.15, 0.2) is 35.3 Å². The van der Waals surface area contributed by atoms with Crippen LogP contribution in [0.25, 0.3) is 21.7 Å². The van der Waals surface area contributed by atoms with Crippen LogP contribution in [0.3, 0.4) is 0 Å². The number of H-pyrrole nitrogens is 1. The number of benzene rings is 1. The van der Waals surface area contributed by atoms with Crippen molar-refractivity contribution in [3.63, 3.8) is 0 Å². The highest BCUT2D eigenvalue weighted by atomic mass is 19.1. The highest BCUT2D eigenvalue weighted by molar-refractivity contribution is 6.09. The zero-order valence-corrected chi connectivity index (χ0v) is 15.1. The van der Waals surface area contributed by atoms with Gasteiger partial charge in [0.15, 0.2) is 0 Å². The van der Waals surface area contributed by atoms with Crippen molar-refractivity contribution in [2.24, 2.45) is 0 Å². The van der Waals surface area contributed by atoms with Crippen molar-refractivity contribution in [2.45, 2.75) is 32.2 Å². The largest absolute Gasteiger partial charge is 0.365 e. The van der Waals surface area contributed by atoms with Crippen LogP contribution in [-0.2, 0) is 4.79 Å². The van der Waals surface area contributed by atoms with E-state index in [9.17, 15) is 14.0 Å². The summed E-state index contributed by atoms with van der Waals surface area (Å²) in [5, 5.41) is 5.03. The summed E-state index contributed by atoms with van der Waals surface area (Å²) >= 11 is 0. The zero-order chi connectivity index (χ0) is 19.0. The number of amides is 1. The van der Waals surface area contributed by atoms with Gasteiger partial charge in [0.2, 0.25) is 5.91 Å². The third-order valence-electron chi connectivity index (χ3n) is 5.09. The maximum atomic E-state index is 13.9. The molecule has 0 radical (unpaired) electrons. The van der Waals surface area contributed by atoms with Crippen LogP contribution < -0.4 is 10.9 Å². The molecule has 3 aromatic rings. The zero-order valence-electron chi connectivity index (χ0n) is 15.1. The summed E-state index contributed by atoms with van der Waals surface area (Å²) < 4.78 is 13.9. The summed E-state index contributed by atoms with van der Waals surface area (Å²) in [6.07, 6.45) is 3.87. The number of nitrogens with one attached hydrogen (secondary N) is 2. The predicted molar refractivity (Wildman–Crippen MR) is 103 cm³/mol. The molecular formula is C20H21FN4O2. The smallest absolute Gasteiger partial charge is 0.258 e. The van der Waals surface area contributed by atoms with Gasteiger partial charge in [-0.15, -0.1) is 0 Å². The molecule has 2 N–H and O–H groups in total. The van der Waals surface area contributed by atoms with Crippen molar-refractivity contribution in [3.8, 4) is 0 Å². The van der Waals surface area contributed by atoms with E-state index >= 15 is 0 Å². The Morgan fingerprint density at radius 2 is 2.22 bits per heavy atom. The third-order valence-corrected chi connectivity index (χ3v) is 5.09. The number of halogens is 1. The first kappa shape index (κ1) is 17.5. The number of pyridine rings is 2. The molecule has 0 unspecified atom stereocenters. The van der Waals surface area contributed by atoms with Crippen molar-refractivity contribution in [2.75, 3.05) is 18.4 Å². The molecule has 1 atom stereocenters. The molecule has 1 aliphatic rings. The first-order valence-corrected chi connectivity index (χ1v) is 9.22. The van der Waals surface area contributed by atoms with Gasteiger partial charge < -0.3 is 15.2 Å². The number of piperidine rings is 1. The minimum atomic E-state index is -0.401. The minimum absolute atomic E-state index is 0.0643. The second kappa shape index (κ2) is 6.98. The summed E-state index contributed by atoms with van der Waals surface area (Å²) in [7, 11) is 0. The number of carbonyl (C=O) groups excluding carboxylic acids is 1. The third kappa shape index (κ3) is 3.25. The average molecular weight is 368 g/mol. The molecule has 4 rings (SSSR count). The van der Waals surface area contributed by atoms with Crippen LogP contribution in [0.4, 0.5) is 10.2 Å². The van der Waals surface area contributed by atoms with Crippen LogP contribution in [0.5, 0.6) is 0 Å². The average Bonchev–Trinajstić information content (AvgIpc) is 2.67. The molecule has 0 bridgehead atoms. The van der Waals surface area contributed by atoms with E-state index in [1.807, 2.05) is 11.8 Å². The van der Waals surface area contributed by atoms with Crippen LogP contribution in [0.2, 0.25) is 0 Å². The maximum Gasteiger partial charge on any atom is 0.258 e. The lowest BCUT2D eigenvalue weighted by Gasteiger charge is -2.33. The van der Waals surface area contributed by atoms with Crippen molar-refractivity contribution in [1.29, 1.82) is 0 Å². The molecule has 2 aromatic heterocycles. The van der Waals surface area contributed by atoms with Gasteiger partial charge >= 0.3 is 0 Å². The molecule has 7 heteroatoms. The fourth-order valence-electron chi connectivity index (χ4n) is 3.78. The number of aromatic amines is 1. The monoisotopic (exact) mass is 368 g/mol. The quantitative estimate of drug-likeness (QED) is 0.697. The Morgan fingerprint density at radius 1 is 1.37 bits per heavy atom. The summed E-state index contributed by atoms with van der Waals surface area (Å²) in [6.45, 7) is 3.26. The molecule has 0 aliphatic carbocycles. The molecule has 27 heavy (non-hydrogen) atoms. The van der Waals surface area contributed by atoms with Crippen molar-refractivity contribution < 1.29 is 9.18 Å². The standard InChI is InChI=1S/C20H21FN4O2/c1-2-17(26)25-9-3-4-13(11-25)23-19-14-6-5-12(21)10-15(14)18-16(24-19)7-8-22-20(18)27/h5-8,10,13H,2-4,9,11H2,1H3,(H,22,27)(H,23,24)/t13-/m1/s1. The number of rotatable bonds is 3. The fraction of sp³-hybridized carbons (Fsp3) is 0.350. The van der Waals surface area contributed by atoms with E-state index in [1.165, 1.54) is 18.3 Å². The topological polar surface area (TPSA) is 78.1 Å². The van der Waals surface area contributed by atoms with Gasteiger partial charge in [-0.25, -0.2) is 9.37 Å². The van der Waals surface area contributed by atoms with E-state index in [0.717, 1.165) is 19.4 Å². The molecule has 1 amide bonds.